The zero-order chi connectivity index (χ0) is 17.3. The standard InChI is InChI=1S/C16H14Cl2FNO3S/c17-12-6-11(7-13(18)8-12)16-10-20(4-5-23-16)24(21,22)15-3-1-2-14(19)9-15/h1-3,6-9,16H,4-5,10H2. The van der Waals surface area contributed by atoms with Crippen LogP contribution in [0.2, 0.25) is 10.0 Å². The summed E-state index contributed by atoms with van der Waals surface area (Å²) in [5.41, 5.74) is 0.701. The fourth-order valence-corrected chi connectivity index (χ4v) is 4.58. The summed E-state index contributed by atoms with van der Waals surface area (Å²) in [6.07, 6.45) is -0.488. The van der Waals surface area contributed by atoms with Gasteiger partial charge in [-0.05, 0) is 42.0 Å². The normalized spacial score (nSPS) is 19.4. The average Bonchev–Trinajstić information content (AvgIpc) is 2.54. The topological polar surface area (TPSA) is 46.6 Å². The van der Waals surface area contributed by atoms with E-state index in [0.717, 1.165) is 6.07 Å². The van der Waals surface area contributed by atoms with E-state index >= 15 is 0 Å². The van der Waals surface area contributed by atoms with Crippen molar-refractivity contribution in [3.05, 3.63) is 63.9 Å². The maximum Gasteiger partial charge on any atom is 0.243 e. The minimum absolute atomic E-state index is 0.0766. The molecule has 3 rings (SSSR count). The number of hydrogen-bond acceptors (Lipinski definition) is 3. The molecule has 8 heteroatoms. The van der Waals surface area contributed by atoms with Gasteiger partial charge >= 0.3 is 0 Å². The molecule has 1 saturated heterocycles. The summed E-state index contributed by atoms with van der Waals surface area (Å²) in [5, 5.41) is 0.900. The highest BCUT2D eigenvalue weighted by Gasteiger charge is 2.32. The minimum atomic E-state index is -3.80. The van der Waals surface area contributed by atoms with Crippen LogP contribution in [0.1, 0.15) is 11.7 Å². The zero-order valence-electron chi connectivity index (χ0n) is 12.5. The van der Waals surface area contributed by atoms with E-state index in [2.05, 4.69) is 0 Å². The van der Waals surface area contributed by atoms with Crippen LogP contribution in [0, 0.1) is 5.82 Å². The largest absolute Gasteiger partial charge is 0.371 e. The fourth-order valence-electron chi connectivity index (χ4n) is 2.58. The van der Waals surface area contributed by atoms with Crippen molar-refractivity contribution in [3.8, 4) is 0 Å². The Labute approximate surface area is 149 Å². The predicted octanol–water partition coefficient (Wildman–Crippen LogP) is 3.89. The van der Waals surface area contributed by atoms with Crippen LogP contribution < -0.4 is 0 Å². The molecule has 1 fully saturated rings. The molecule has 2 aromatic rings. The number of nitrogens with zero attached hydrogens (tertiary/aromatic N) is 1. The van der Waals surface area contributed by atoms with Crippen molar-refractivity contribution in [2.24, 2.45) is 0 Å². The Hall–Kier alpha value is -1.18. The van der Waals surface area contributed by atoms with E-state index in [1.807, 2.05) is 0 Å². The van der Waals surface area contributed by atoms with Gasteiger partial charge < -0.3 is 4.74 Å². The van der Waals surface area contributed by atoms with Gasteiger partial charge in [-0.25, -0.2) is 12.8 Å². The second-order valence-corrected chi connectivity index (χ2v) is 8.19. The molecule has 0 radical (unpaired) electrons. The van der Waals surface area contributed by atoms with Crippen molar-refractivity contribution in [1.29, 1.82) is 0 Å². The van der Waals surface area contributed by atoms with E-state index in [4.69, 9.17) is 27.9 Å². The van der Waals surface area contributed by atoms with Crippen LogP contribution in [0.25, 0.3) is 0 Å². The molecule has 1 atom stereocenters. The number of rotatable bonds is 3. The molecule has 128 valence electrons. The van der Waals surface area contributed by atoms with Gasteiger partial charge in [-0.2, -0.15) is 4.31 Å². The molecule has 0 saturated carbocycles. The maximum absolute atomic E-state index is 13.4. The smallest absolute Gasteiger partial charge is 0.243 e. The third-order valence-electron chi connectivity index (χ3n) is 3.72. The van der Waals surface area contributed by atoms with Crippen molar-refractivity contribution in [1.82, 2.24) is 4.31 Å². The molecule has 0 aromatic heterocycles. The van der Waals surface area contributed by atoms with Gasteiger partial charge in [0.05, 0.1) is 17.6 Å². The molecule has 0 bridgehead atoms. The summed E-state index contributed by atoms with van der Waals surface area (Å²) in [6.45, 7) is 0.530. The summed E-state index contributed by atoms with van der Waals surface area (Å²) >= 11 is 12.0. The third-order valence-corrected chi connectivity index (χ3v) is 6.02. The molecule has 0 spiro atoms. The number of benzene rings is 2. The van der Waals surface area contributed by atoms with E-state index in [0.29, 0.717) is 15.6 Å². The van der Waals surface area contributed by atoms with Gasteiger partial charge in [0.2, 0.25) is 10.0 Å². The Balaban J connectivity index is 1.87. The minimum Gasteiger partial charge on any atom is -0.371 e. The first kappa shape index (κ1) is 17.6. The van der Waals surface area contributed by atoms with E-state index in [-0.39, 0.29) is 24.6 Å². The Kier molecular flexibility index (Phi) is 5.13. The molecule has 0 aliphatic carbocycles. The first-order valence-corrected chi connectivity index (χ1v) is 9.39. The van der Waals surface area contributed by atoms with E-state index in [1.165, 1.54) is 22.5 Å². The maximum atomic E-state index is 13.4. The van der Waals surface area contributed by atoms with Gasteiger partial charge in [-0.3, -0.25) is 0 Å². The lowest BCUT2D eigenvalue weighted by Crippen LogP contribution is -2.42. The molecule has 1 heterocycles. The molecular weight excluding hydrogens is 376 g/mol. The van der Waals surface area contributed by atoms with Gasteiger partial charge in [-0.1, -0.05) is 29.3 Å². The van der Waals surface area contributed by atoms with Crippen LogP contribution in [-0.2, 0) is 14.8 Å². The van der Waals surface area contributed by atoms with Gasteiger partial charge in [0.1, 0.15) is 5.82 Å². The molecule has 2 aromatic carbocycles. The lowest BCUT2D eigenvalue weighted by atomic mass is 10.1. The summed E-state index contributed by atoms with van der Waals surface area (Å²) in [4.78, 5) is -0.0766. The number of halogens is 3. The second-order valence-electron chi connectivity index (χ2n) is 5.38. The molecule has 24 heavy (non-hydrogen) atoms. The third kappa shape index (κ3) is 3.73. The monoisotopic (exact) mass is 389 g/mol. The number of morpholine rings is 1. The zero-order valence-corrected chi connectivity index (χ0v) is 14.8. The van der Waals surface area contributed by atoms with Gasteiger partial charge in [0.25, 0.3) is 0 Å². The molecule has 0 amide bonds. The lowest BCUT2D eigenvalue weighted by Gasteiger charge is -2.32. The summed E-state index contributed by atoms with van der Waals surface area (Å²) in [5.74, 6) is -0.595. The van der Waals surface area contributed by atoms with E-state index < -0.39 is 21.9 Å². The van der Waals surface area contributed by atoms with Crippen LogP contribution in [-0.4, -0.2) is 32.4 Å². The van der Waals surface area contributed by atoms with E-state index in [9.17, 15) is 12.8 Å². The number of sulfonamides is 1. The number of ether oxygens (including phenoxy) is 1. The SMILES string of the molecule is O=S(=O)(c1cccc(F)c1)N1CCOC(c2cc(Cl)cc(Cl)c2)C1. The van der Waals surface area contributed by atoms with Crippen molar-refractivity contribution in [2.75, 3.05) is 19.7 Å². The quantitative estimate of drug-likeness (QED) is 0.799. The highest BCUT2D eigenvalue weighted by atomic mass is 35.5. The molecular formula is C16H14Cl2FNO3S. The Morgan fingerprint density at radius 3 is 2.50 bits per heavy atom. The van der Waals surface area contributed by atoms with Crippen molar-refractivity contribution in [2.45, 2.75) is 11.0 Å². The van der Waals surface area contributed by atoms with Crippen molar-refractivity contribution < 1.29 is 17.5 Å². The average molecular weight is 390 g/mol. The Bertz CT molecular complexity index is 840. The van der Waals surface area contributed by atoms with Crippen LogP contribution in [0.4, 0.5) is 4.39 Å². The van der Waals surface area contributed by atoms with Crippen LogP contribution in [0.15, 0.2) is 47.4 Å². The molecule has 1 aliphatic heterocycles. The van der Waals surface area contributed by atoms with Crippen LogP contribution >= 0.6 is 23.2 Å². The Morgan fingerprint density at radius 2 is 1.83 bits per heavy atom. The van der Waals surface area contributed by atoms with E-state index in [1.54, 1.807) is 18.2 Å². The molecule has 4 nitrogen and oxygen atoms in total. The van der Waals surface area contributed by atoms with Gasteiger partial charge in [0.15, 0.2) is 0 Å². The van der Waals surface area contributed by atoms with Gasteiger partial charge in [0, 0.05) is 23.1 Å². The van der Waals surface area contributed by atoms with Crippen LogP contribution in [0.5, 0.6) is 0 Å². The molecule has 1 unspecified atom stereocenters. The summed E-state index contributed by atoms with van der Waals surface area (Å²) in [7, 11) is -3.80. The Morgan fingerprint density at radius 1 is 1.12 bits per heavy atom. The summed E-state index contributed by atoms with van der Waals surface area (Å²) in [6, 6.07) is 9.94. The first-order valence-electron chi connectivity index (χ1n) is 7.19. The second kappa shape index (κ2) is 6.98. The van der Waals surface area contributed by atoms with Crippen molar-refractivity contribution in [3.63, 3.8) is 0 Å². The lowest BCUT2D eigenvalue weighted by molar-refractivity contribution is -0.00255. The molecule has 0 N–H and O–H groups in total. The number of hydrogen-bond donors (Lipinski definition) is 0. The van der Waals surface area contributed by atoms with Crippen molar-refractivity contribution >= 4 is 33.2 Å². The summed E-state index contributed by atoms with van der Waals surface area (Å²) < 4.78 is 45.7. The van der Waals surface area contributed by atoms with Gasteiger partial charge in [-0.15, -0.1) is 0 Å². The fraction of sp³-hybridized carbons (Fsp3) is 0.250. The first-order chi connectivity index (χ1) is 11.4. The van der Waals surface area contributed by atoms with Crippen LogP contribution in [0.3, 0.4) is 0 Å². The predicted molar refractivity (Wildman–Crippen MR) is 90.3 cm³/mol. The highest BCUT2D eigenvalue weighted by molar-refractivity contribution is 7.89. The highest BCUT2D eigenvalue weighted by Crippen LogP contribution is 2.30. The molecule has 1 aliphatic rings.